The highest BCUT2D eigenvalue weighted by Crippen LogP contribution is 2.22. The molecule has 2 rings (SSSR count). The van der Waals surface area contributed by atoms with Gasteiger partial charge in [-0.15, -0.1) is 11.3 Å². The summed E-state index contributed by atoms with van der Waals surface area (Å²) >= 11 is 7.38. The first kappa shape index (κ1) is 16.5. The van der Waals surface area contributed by atoms with E-state index in [0.29, 0.717) is 11.3 Å². The van der Waals surface area contributed by atoms with E-state index in [9.17, 15) is 9.59 Å². The van der Waals surface area contributed by atoms with Crippen molar-refractivity contribution in [2.45, 2.75) is 26.9 Å². The van der Waals surface area contributed by atoms with Crippen LogP contribution in [0.25, 0.3) is 0 Å². The lowest BCUT2D eigenvalue weighted by Gasteiger charge is -2.13. The van der Waals surface area contributed by atoms with Gasteiger partial charge in [-0.05, 0) is 39.0 Å². The predicted molar refractivity (Wildman–Crippen MR) is 86.5 cm³/mol. The molecule has 2 aromatic rings. The quantitative estimate of drug-likeness (QED) is 0.683. The summed E-state index contributed by atoms with van der Waals surface area (Å²) in [5.74, 6) is -0.977. The zero-order valence-corrected chi connectivity index (χ0v) is 13.9. The smallest absolute Gasteiger partial charge is 0.340 e. The monoisotopic (exact) mass is 338 g/mol. The van der Waals surface area contributed by atoms with Gasteiger partial charge in [-0.1, -0.05) is 11.6 Å². The third-order valence-electron chi connectivity index (χ3n) is 2.93. The second-order valence-electron chi connectivity index (χ2n) is 4.71. The molecular weight excluding hydrogens is 324 g/mol. The van der Waals surface area contributed by atoms with Crippen LogP contribution < -0.4 is 5.32 Å². The lowest BCUT2D eigenvalue weighted by Crippen LogP contribution is -2.30. The zero-order chi connectivity index (χ0) is 16.3. The molecular formula is C15H15ClN2O3S. The Morgan fingerprint density at radius 3 is 2.73 bits per heavy atom. The maximum atomic E-state index is 12.1. The van der Waals surface area contributed by atoms with Crippen molar-refractivity contribution in [2.75, 3.05) is 5.32 Å². The van der Waals surface area contributed by atoms with Crippen LogP contribution in [0.15, 0.2) is 24.4 Å². The van der Waals surface area contributed by atoms with Crippen LogP contribution in [-0.4, -0.2) is 23.0 Å². The first-order chi connectivity index (χ1) is 10.4. The SMILES string of the molecule is Cc1cc(C(=O)O[C@@H](C)C(=O)Nc2cccnc2Cl)c(C)s1. The second kappa shape index (κ2) is 6.89. The molecule has 0 spiro atoms. The number of nitrogens with one attached hydrogen (secondary N) is 1. The number of hydrogen-bond acceptors (Lipinski definition) is 5. The Bertz CT molecular complexity index is 715. The highest BCUT2D eigenvalue weighted by Gasteiger charge is 2.21. The van der Waals surface area contributed by atoms with E-state index in [1.165, 1.54) is 24.5 Å². The Hall–Kier alpha value is -1.92. The van der Waals surface area contributed by atoms with Crippen LogP contribution in [0, 0.1) is 13.8 Å². The van der Waals surface area contributed by atoms with E-state index < -0.39 is 18.0 Å². The summed E-state index contributed by atoms with van der Waals surface area (Å²) in [7, 11) is 0. The molecule has 116 valence electrons. The molecule has 0 aromatic carbocycles. The molecule has 7 heteroatoms. The number of amides is 1. The standard InChI is InChI=1S/C15H15ClN2O3S/c1-8-7-11(10(3)22-8)15(20)21-9(2)14(19)18-12-5-4-6-17-13(12)16/h4-7,9H,1-3H3,(H,18,19)/t9-/m0/s1. The second-order valence-corrected chi connectivity index (χ2v) is 6.52. The first-order valence-corrected chi connectivity index (χ1v) is 7.77. The highest BCUT2D eigenvalue weighted by molar-refractivity contribution is 7.12. The normalized spacial score (nSPS) is 11.8. The van der Waals surface area contributed by atoms with Crippen LogP contribution in [0.4, 0.5) is 5.69 Å². The number of nitrogens with zero attached hydrogens (tertiary/aromatic N) is 1. The van der Waals surface area contributed by atoms with E-state index in [2.05, 4.69) is 10.3 Å². The van der Waals surface area contributed by atoms with E-state index in [1.807, 2.05) is 13.8 Å². The number of ether oxygens (including phenoxy) is 1. The number of anilines is 1. The molecule has 0 fully saturated rings. The number of carbonyl (C=O) groups excluding carboxylic acids is 2. The van der Waals surface area contributed by atoms with Crippen molar-refractivity contribution in [3.8, 4) is 0 Å². The lowest BCUT2D eigenvalue weighted by atomic mass is 10.2. The van der Waals surface area contributed by atoms with Gasteiger partial charge < -0.3 is 10.1 Å². The van der Waals surface area contributed by atoms with Crippen molar-refractivity contribution >= 4 is 40.5 Å². The first-order valence-electron chi connectivity index (χ1n) is 6.58. The van der Waals surface area contributed by atoms with E-state index in [0.717, 1.165) is 9.75 Å². The molecule has 0 radical (unpaired) electrons. The number of esters is 1. The van der Waals surface area contributed by atoms with Gasteiger partial charge in [0.25, 0.3) is 5.91 Å². The summed E-state index contributed by atoms with van der Waals surface area (Å²) in [4.78, 5) is 29.9. The third-order valence-corrected chi connectivity index (χ3v) is 4.20. The molecule has 0 aliphatic carbocycles. The molecule has 0 bridgehead atoms. The Morgan fingerprint density at radius 2 is 2.14 bits per heavy atom. The molecule has 0 saturated carbocycles. The lowest BCUT2D eigenvalue weighted by molar-refractivity contribution is -0.123. The van der Waals surface area contributed by atoms with Gasteiger partial charge in [-0.25, -0.2) is 9.78 Å². The largest absolute Gasteiger partial charge is 0.449 e. The zero-order valence-electron chi connectivity index (χ0n) is 12.3. The molecule has 1 atom stereocenters. The van der Waals surface area contributed by atoms with Gasteiger partial charge in [0.2, 0.25) is 0 Å². The van der Waals surface area contributed by atoms with Crippen LogP contribution in [0.5, 0.6) is 0 Å². The van der Waals surface area contributed by atoms with E-state index in [4.69, 9.17) is 16.3 Å². The summed E-state index contributed by atoms with van der Waals surface area (Å²) in [6, 6.07) is 5.02. The summed E-state index contributed by atoms with van der Waals surface area (Å²) < 4.78 is 5.20. The molecule has 2 heterocycles. The van der Waals surface area contributed by atoms with Crippen LogP contribution >= 0.6 is 22.9 Å². The molecule has 1 N–H and O–H groups in total. The average Bonchev–Trinajstić information content (AvgIpc) is 2.80. The van der Waals surface area contributed by atoms with Crippen molar-refractivity contribution in [3.05, 3.63) is 44.9 Å². The van der Waals surface area contributed by atoms with Crippen molar-refractivity contribution < 1.29 is 14.3 Å². The number of aryl methyl sites for hydroxylation is 2. The minimum Gasteiger partial charge on any atom is -0.449 e. The number of thiophene rings is 1. The fraction of sp³-hybridized carbons (Fsp3) is 0.267. The van der Waals surface area contributed by atoms with Gasteiger partial charge in [-0.3, -0.25) is 4.79 Å². The Labute approximate surface area is 137 Å². The number of pyridine rings is 1. The summed E-state index contributed by atoms with van der Waals surface area (Å²) in [5, 5.41) is 2.76. The van der Waals surface area contributed by atoms with Gasteiger partial charge in [0.15, 0.2) is 11.3 Å². The maximum absolute atomic E-state index is 12.1. The molecule has 22 heavy (non-hydrogen) atoms. The molecule has 5 nitrogen and oxygen atoms in total. The van der Waals surface area contributed by atoms with Gasteiger partial charge in [-0.2, -0.15) is 0 Å². The number of rotatable bonds is 4. The molecule has 0 aliphatic heterocycles. The van der Waals surface area contributed by atoms with Crippen molar-refractivity contribution in [3.63, 3.8) is 0 Å². The summed E-state index contributed by atoms with van der Waals surface area (Å²) in [6.07, 6.45) is 0.576. The predicted octanol–water partition coefficient (Wildman–Crippen LogP) is 3.60. The van der Waals surface area contributed by atoms with Crippen molar-refractivity contribution in [1.29, 1.82) is 0 Å². The summed E-state index contributed by atoms with van der Waals surface area (Å²) in [5.41, 5.74) is 0.862. The number of halogens is 1. The average molecular weight is 339 g/mol. The topological polar surface area (TPSA) is 68.3 Å². The van der Waals surface area contributed by atoms with Crippen LogP contribution in [0.3, 0.4) is 0 Å². The molecule has 0 unspecified atom stereocenters. The van der Waals surface area contributed by atoms with Crippen LogP contribution in [-0.2, 0) is 9.53 Å². The van der Waals surface area contributed by atoms with E-state index in [-0.39, 0.29) is 5.15 Å². The van der Waals surface area contributed by atoms with Crippen LogP contribution in [0.2, 0.25) is 5.15 Å². The van der Waals surface area contributed by atoms with Gasteiger partial charge >= 0.3 is 5.97 Å². The number of aromatic nitrogens is 1. The van der Waals surface area contributed by atoms with Gasteiger partial charge in [0, 0.05) is 16.0 Å². The fourth-order valence-corrected chi connectivity index (χ4v) is 2.90. The Morgan fingerprint density at radius 1 is 1.41 bits per heavy atom. The maximum Gasteiger partial charge on any atom is 0.340 e. The van der Waals surface area contributed by atoms with Gasteiger partial charge in [0.1, 0.15) is 0 Å². The molecule has 0 aliphatic rings. The van der Waals surface area contributed by atoms with Crippen molar-refractivity contribution in [2.24, 2.45) is 0 Å². The minimum absolute atomic E-state index is 0.179. The van der Waals surface area contributed by atoms with E-state index >= 15 is 0 Å². The Balaban J connectivity index is 2.01. The highest BCUT2D eigenvalue weighted by atomic mass is 35.5. The number of carbonyl (C=O) groups is 2. The van der Waals surface area contributed by atoms with Gasteiger partial charge in [0.05, 0.1) is 11.3 Å². The molecule has 0 saturated heterocycles. The van der Waals surface area contributed by atoms with Crippen molar-refractivity contribution in [1.82, 2.24) is 4.98 Å². The molecule has 2 aromatic heterocycles. The van der Waals surface area contributed by atoms with Crippen LogP contribution in [0.1, 0.15) is 27.0 Å². The minimum atomic E-state index is -0.941. The van der Waals surface area contributed by atoms with E-state index in [1.54, 1.807) is 18.2 Å². The summed E-state index contributed by atoms with van der Waals surface area (Å²) in [6.45, 7) is 5.26. The molecule has 1 amide bonds. The Kier molecular flexibility index (Phi) is 5.15. The fourth-order valence-electron chi connectivity index (χ4n) is 1.82. The third kappa shape index (κ3) is 3.84. The number of hydrogen-bond donors (Lipinski definition) is 1.